The van der Waals surface area contributed by atoms with Gasteiger partial charge < -0.3 is 14.7 Å². The van der Waals surface area contributed by atoms with E-state index in [1.165, 1.54) is 46.6 Å². The molecule has 0 unspecified atom stereocenters. The standard InChI is InChI=1S/C23H31N3O7S2/c1-16-13-26(17(2)15-27)23(28)20-12-18(24-34(4,29)30)10-11-21(20)33-22(16)14-25(3)35(31,32)19-8-6-5-7-9-19/h5-12,16-17,22,24,27H,13-15H2,1-4H3/t16-,17+,22+/m1/s1. The lowest BCUT2D eigenvalue weighted by Gasteiger charge is -2.38. The number of anilines is 1. The van der Waals surface area contributed by atoms with Gasteiger partial charge in [0.25, 0.3) is 5.91 Å². The van der Waals surface area contributed by atoms with E-state index in [9.17, 15) is 26.7 Å². The minimum atomic E-state index is -3.78. The topological polar surface area (TPSA) is 133 Å². The Hall–Kier alpha value is -2.67. The fourth-order valence-electron chi connectivity index (χ4n) is 3.84. The average Bonchev–Trinajstić information content (AvgIpc) is 2.80. The SMILES string of the molecule is C[C@@H]1CN([C@@H](C)CO)C(=O)c2cc(NS(C)(=O)=O)ccc2O[C@H]1CN(C)S(=O)(=O)c1ccccc1. The molecule has 0 saturated heterocycles. The van der Waals surface area contributed by atoms with Gasteiger partial charge in [0, 0.05) is 25.2 Å². The van der Waals surface area contributed by atoms with E-state index >= 15 is 0 Å². The first-order chi connectivity index (χ1) is 16.3. The van der Waals surface area contributed by atoms with Crippen molar-refractivity contribution in [3.8, 4) is 5.75 Å². The van der Waals surface area contributed by atoms with Gasteiger partial charge in [0.05, 0.1) is 35.9 Å². The Labute approximate surface area is 206 Å². The van der Waals surface area contributed by atoms with E-state index < -0.39 is 38.1 Å². The molecular formula is C23H31N3O7S2. The number of sulfonamides is 2. The molecule has 1 aliphatic rings. The molecule has 2 aromatic carbocycles. The lowest BCUT2D eigenvalue weighted by atomic mass is 9.99. The van der Waals surface area contributed by atoms with Crippen LogP contribution in [-0.4, -0.2) is 82.2 Å². The summed E-state index contributed by atoms with van der Waals surface area (Å²) in [6, 6.07) is 11.9. The van der Waals surface area contributed by atoms with Gasteiger partial charge in [0.15, 0.2) is 0 Å². The van der Waals surface area contributed by atoms with Crippen LogP contribution in [0.2, 0.25) is 0 Å². The highest BCUT2D eigenvalue weighted by atomic mass is 32.2. The summed E-state index contributed by atoms with van der Waals surface area (Å²) >= 11 is 0. The summed E-state index contributed by atoms with van der Waals surface area (Å²) in [6.45, 7) is 3.49. The lowest BCUT2D eigenvalue weighted by Crippen LogP contribution is -2.50. The van der Waals surface area contributed by atoms with E-state index in [4.69, 9.17) is 4.74 Å². The normalized spacial score (nSPS) is 19.9. The number of likely N-dealkylation sites (N-methyl/N-ethyl adjacent to an activating group) is 1. The van der Waals surface area contributed by atoms with Crippen molar-refractivity contribution in [2.75, 3.05) is 37.7 Å². The van der Waals surface area contributed by atoms with Crippen LogP contribution in [0.5, 0.6) is 5.75 Å². The van der Waals surface area contributed by atoms with Gasteiger partial charge in [-0.05, 0) is 37.3 Å². The number of ether oxygens (including phenoxy) is 1. The van der Waals surface area contributed by atoms with Gasteiger partial charge >= 0.3 is 0 Å². The fourth-order valence-corrected chi connectivity index (χ4v) is 5.60. The van der Waals surface area contributed by atoms with Crippen molar-refractivity contribution in [1.29, 1.82) is 0 Å². The Morgan fingerprint density at radius 3 is 2.43 bits per heavy atom. The highest BCUT2D eigenvalue weighted by Crippen LogP contribution is 2.31. The zero-order valence-electron chi connectivity index (χ0n) is 20.1. The van der Waals surface area contributed by atoms with Crippen molar-refractivity contribution in [3.63, 3.8) is 0 Å². The molecule has 3 rings (SSSR count). The number of benzene rings is 2. The van der Waals surface area contributed by atoms with E-state index in [1.54, 1.807) is 25.1 Å². The van der Waals surface area contributed by atoms with Crippen LogP contribution in [0.4, 0.5) is 5.69 Å². The molecule has 0 radical (unpaired) electrons. The predicted octanol–water partition coefficient (Wildman–Crippen LogP) is 1.60. The first-order valence-corrected chi connectivity index (χ1v) is 14.4. The maximum absolute atomic E-state index is 13.4. The fraction of sp³-hybridized carbons (Fsp3) is 0.435. The Morgan fingerprint density at radius 1 is 1.17 bits per heavy atom. The summed E-state index contributed by atoms with van der Waals surface area (Å²) in [5, 5.41) is 9.75. The molecule has 2 N–H and O–H groups in total. The Kier molecular flexibility index (Phi) is 8.10. The number of carbonyl (C=O) groups excluding carboxylic acids is 1. The average molecular weight is 526 g/mol. The Morgan fingerprint density at radius 2 is 1.83 bits per heavy atom. The monoisotopic (exact) mass is 525 g/mol. The van der Waals surface area contributed by atoms with E-state index in [2.05, 4.69) is 4.72 Å². The summed E-state index contributed by atoms with van der Waals surface area (Å²) in [7, 11) is -5.89. The van der Waals surface area contributed by atoms with Gasteiger partial charge in [-0.15, -0.1) is 0 Å². The second-order valence-corrected chi connectivity index (χ2v) is 12.6. The number of aliphatic hydroxyl groups excluding tert-OH is 1. The van der Waals surface area contributed by atoms with Crippen molar-refractivity contribution < 1.29 is 31.5 Å². The molecule has 1 aliphatic heterocycles. The van der Waals surface area contributed by atoms with Gasteiger partial charge in [-0.1, -0.05) is 25.1 Å². The highest BCUT2D eigenvalue weighted by Gasteiger charge is 2.35. The number of nitrogens with one attached hydrogen (secondary N) is 1. The molecule has 0 fully saturated rings. The van der Waals surface area contributed by atoms with Crippen molar-refractivity contribution in [2.45, 2.75) is 30.9 Å². The van der Waals surface area contributed by atoms with Gasteiger partial charge in [0.2, 0.25) is 20.0 Å². The number of aliphatic hydroxyl groups is 1. The molecule has 0 bridgehead atoms. The molecule has 0 aliphatic carbocycles. The van der Waals surface area contributed by atoms with Crippen molar-refractivity contribution in [3.05, 3.63) is 54.1 Å². The number of hydrogen-bond donors (Lipinski definition) is 2. The number of hydrogen-bond acceptors (Lipinski definition) is 7. The van der Waals surface area contributed by atoms with Crippen molar-refractivity contribution in [2.24, 2.45) is 5.92 Å². The van der Waals surface area contributed by atoms with Gasteiger partial charge in [-0.2, -0.15) is 4.31 Å². The Bertz CT molecular complexity index is 1270. The summed E-state index contributed by atoms with van der Waals surface area (Å²) < 4.78 is 59.2. The van der Waals surface area contributed by atoms with Crippen LogP contribution in [0.15, 0.2) is 53.4 Å². The maximum Gasteiger partial charge on any atom is 0.258 e. The maximum atomic E-state index is 13.4. The molecule has 1 heterocycles. The number of rotatable bonds is 8. The largest absolute Gasteiger partial charge is 0.488 e. The third kappa shape index (κ3) is 6.31. The summed E-state index contributed by atoms with van der Waals surface area (Å²) in [6.07, 6.45) is 0.371. The first-order valence-electron chi connectivity index (χ1n) is 11.0. The van der Waals surface area contributed by atoms with E-state index in [-0.39, 0.29) is 47.5 Å². The number of carbonyl (C=O) groups is 1. The minimum Gasteiger partial charge on any atom is -0.488 e. The quantitative estimate of drug-likeness (QED) is 0.535. The minimum absolute atomic E-state index is 0.0106. The second-order valence-electron chi connectivity index (χ2n) is 8.81. The lowest BCUT2D eigenvalue weighted by molar-refractivity contribution is 0.0387. The van der Waals surface area contributed by atoms with Crippen LogP contribution in [0.3, 0.4) is 0 Å². The number of amides is 1. The summed E-state index contributed by atoms with van der Waals surface area (Å²) in [5.41, 5.74) is 0.304. The molecule has 0 saturated carbocycles. The van der Waals surface area contributed by atoms with Gasteiger partial charge in [0.1, 0.15) is 11.9 Å². The molecule has 192 valence electrons. The van der Waals surface area contributed by atoms with Gasteiger partial charge in [-0.3, -0.25) is 9.52 Å². The number of fused-ring (bicyclic) bond motifs is 1. The molecule has 10 nitrogen and oxygen atoms in total. The van der Waals surface area contributed by atoms with E-state index in [1.807, 2.05) is 6.92 Å². The van der Waals surface area contributed by atoms with E-state index in [0.29, 0.717) is 0 Å². The third-order valence-corrected chi connectivity index (χ3v) is 8.30. The van der Waals surface area contributed by atoms with E-state index in [0.717, 1.165) is 6.26 Å². The number of nitrogens with zero attached hydrogens (tertiary/aromatic N) is 2. The smallest absolute Gasteiger partial charge is 0.258 e. The Balaban J connectivity index is 1.99. The molecule has 12 heteroatoms. The van der Waals surface area contributed by atoms with Gasteiger partial charge in [-0.25, -0.2) is 16.8 Å². The van der Waals surface area contributed by atoms with Crippen LogP contribution in [0.25, 0.3) is 0 Å². The highest BCUT2D eigenvalue weighted by molar-refractivity contribution is 7.92. The molecule has 35 heavy (non-hydrogen) atoms. The van der Waals surface area contributed by atoms with Crippen LogP contribution < -0.4 is 9.46 Å². The zero-order chi connectivity index (χ0) is 26.0. The molecule has 3 atom stereocenters. The summed E-state index contributed by atoms with van der Waals surface area (Å²) in [4.78, 5) is 15.0. The first kappa shape index (κ1) is 26.9. The van der Waals surface area contributed by atoms with Crippen LogP contribution in [-0.2, 0) is 20.0 Å². The van der Waals surface area contributed by atoms with Crippen LogP contribution in [0.1, 0.15) is 24.2 Å². The van der Waals surface area contributed by atoms with Crippen LogP contribution >= 0.6 is 0 Å². The predicted molar refractivity (Wildman–Crippen MR) is 132 cm³/mol. The third-order valence-electron chi connectivity index (χ3n) is 5.86. The zero-order valence-corrected chi connectivity index (χ0v) is 21.7. The molecule has 1 amide bonds. The molecular weight excluding hydrogens is 494 g/mol. The van der Waals surface area contributed by atoms with Crippen molar-refractivity contribution in [1.82, 2.24) is 9.21 Å². The molecule has 0 spiro atoms. The molecule has 0 aromatic heterocycles. The summed E-state index contributed by atoms with van der Waals surface area (Å²) in [5.74, 6) is -0.510. The molecule has 2 aromatic rings. The second kappa shape index (κ2) is 10.5. The van der Waals surface area contributed by atoms with Crippen molar-refractivity contribution >= 4 is 31.6 Å². The van der Waals surface area contributed by atoms with Crippen LogP contribution in [0, 0.1) is 5.92 Å².